The zero-order valence-electron chi connectivity index (χ0n) is 14.6. The Kier molecular flexibility index (Phi) is 11.9. The van der Waals surface area contributed by atoms with Gasteiger partial charge >= 0.3 is 0 Å². The maximum absolute atomic E-state index is 12.7. The molecule has 0 saturated carbocycles. The third-order valence-corrected chi connectivity index (χ3v) is 4.03. The van der Waals surface area contributed by atoms with Crippen molar-refractivity contribution in [1.29, 1.82) is 0 Å². The molecule has 0 aromatic rings. The molecule has 1 amide bonds. The van der Waals surface area contributed by atoms with Crippen LogP contribution < -0.4 is 0 Å². The molecular formula is C18H37NO. The Morgan fingerprint density at radius 3 is 1.30 bits per heavy atom. The Hall–Kier alpha value is -0.530. The number of hydrogen-bond acceptors (Lipinski definition) is 1. The Bertz CT molecular complexity index is 212. The van der Waals surface area contributed by atoms with Crippen LogP contribution in [-0.2, 0) is 4.79 Å². The van der Waals surface area contributed by atoms with Gasteiger partial charge in [0, 0.05) is 18.5 Å². The van der Waals surface area contributed by atoms with Crippen molar-refractivity contribution in [3.8, 4) is 0 Å². The Balaban J connectivity index is 5.11. The Morgan fingerprint density at radius 1 is 0.700 bits per heavy atom. The van der Waals surface area contributed by atoms with Gasteiger partial charge in [-0.2, -0.15) is 0 Å². The Labute approximate surface area is 127 Å². The lowest BCUT2D eigenvalue weighted by Crippen LogP contribution is -2.47. The summed E-state index contributed by atoms with van der Waals surface area (Å²) in [6.07, 6.45) is 11.0. The maximum Gasteiger partial charge on any atom is 0.223 e. The molecule has 2 nitrogen and oxygen atoms in total. The molecule has 0 spiro atoms. The second-order valence-corrected chi connectivity index (χ2v) is 6.01. The molecule has 2 heteroatoms. The SMILES string of the molecule is CCCC(=O)N(C(CCC)CCC)C(CCC)CCC. The highest BCUT2D eigenvalue weighted by Crippen LogP contribution is 2.23. The summed E-state index contributed by atoms with van der Waals surface area (Å²) in [5.41, 5.74) is 0. The minimum atomic E-state index is 0.395. The molecule has 0 aliphatic carbocycles. The minimum Gasteiger partial charge on any atom is -0.337 e. The van der Waals surface area contributed by atoms with E-state index in [0.717, 1.165) is 32.1 Å². The predicted octanol–water partition coefficient (Wildman–Crippen LogP) is 5.55. The van der Waals surface area contributed by atoms with E-state index in [4.69, 9.17) is 0 Å². The average Bonchev–Trinajstić information content (AvgIpc) is 2.40. The number of nitrogens with zero attached hydrogens (tertiary/aromatic N) is 1. The fourth-order valence-corrected chi connectivity index (χ4v) is 3.23. The second kappa shape index (κ2) is 12.2. The first-order chi connectivity index (χ1) is 9.65. The van der Waals surface area contributed by atoms with Crippen LogP contribution in [0.1, 0.15) is 98.8 Å². The van der Waals surface area contributed by atoms with Crippen molar-refractivity contribution in [2.45, 2.75) is 111 Å². The zero-order chi connectivity index (χ0) is 15.4. The second-order valence-electron chi connectivity index (χ2n) is 6.01. The van der Waals surface area contributed by atoms with E-state index in [0.29, 0.717) is 24.4 Å². The van der Waals surface area contributed by atoms with Crippen molar-refractivity contribution < 1.29 is 4.79 Å². The van der Waals surface area contributed by atoms with Crippen LogP contribution in [0.15, 0.2) is 0 Å². The van der Waals surface area contributed by atoms with E-state index in [-0.39, 0.29) is 0 Å². The lowest BCUT2D eigenvalue weighted by atomic mass is 9.97. The molecular weight excluding hydrogens is 246 g/mol. The van der Waals surface area contributed by atoms with Crippen molar-refractivity contribution in [3.05, 3.63) is 0 Å². The van der Waals surface area contributed by atoms with Gasteiger partial charge in [0.1, 0.15) is 0 Å². The Morgan fingerprint density at radius 2 is 1.05 bits per heavy atom. The molecule has 0 fully saturated rings. The van der Waals surface area contributed by atoms with Crippen LogP contribution in [0.2, 0.25) is 0 Å². The van der Waals surface area contributed by atoms with Crippen LogP contribution in [0.4, 0.5) is 0 Å². The number of rotatable bonds is 12. The summed E-state index contributed by atoms with van der Waals surface area (Å²) in [5, 5.41) is 0. The molecule has 0 radical (unpaired) electrons. The number of amides is 1. The number of carbonyl (C=O) groups is 1. The van der Waals surface area contributed by atoms with Crippen molar-refractivity contribution in [2.24, 2.45) is 0 Å². The molecule has 0 bridgehead atoms. The average molecular weight is 284 g/mol. The molecule has 20 heavy (non-hydrogen) atoms. The summed E-state index contributed by atoms with van der Waals surface area (Å²) < 4.78 is 0. The number of carbonyl (C=O) groups excluding carboxylic acids is 1. The summed E-state index contributed by atoms with van der Waals surface area (Å²) in [6.45, 7) is 11.1. The molecule has 0 unspecified atom stereocenters. The summed E-state index contributed by atoms with van der Waals surface area (Å²) in [4.78, 5) is 14.9. The van der Waals surface area contributed by atoms with Gasteiger partial charge in [0.15, 0.2) is 0 Å². The maximum atomic E-state index is 12.7. The lowest BCUT2D eigenvalue weighted by molar-refractivity contribution is -0.137. The summed E-state index contributed by atoms with van der Waals surface area (Å²) in [5.74, 6) is 0.395. The quantitative estimate of drug-likeness (QED) is 0.459. The molecule has 0 N–H and O–H groups in total. The summed E-state index contributed by atoms with van der Waals surface area (Å²) in [6, 6.07) is 0.930. The topological polar surface area (TPSA) is 20.3 Å². The normalized spacial score (nSPS) is 11.3. The van der Waals surface area contributed by atoms with Crippen molar-refractivity contribution in [1.82, 2.24) is 4.90 Å². The standard InChI is InChI=1S/C18H37NO/c1-6-11-16(12-7-2)19(18(20)15-10-5)17(13-8-3)14-9-4/h16-17H,6-15H2,1-5H3. The van der Waals surface area contributed by atoms with E-state index in [1.165, 1.54) is 25.7 Å². The van der Waals surface area contributed by atoms with E-state index in [1.807, 2.05) is 0 Å². The van der Waals surface area contributed by atoms with Gasteiger partial charge in [-0.05, 0) is 32.1 Å². The first kappa shape index (κ1) is 19.5. The fourth-order valence-electron chi connectivity index (χ4n) is 3.23. The van der Waals surface area contributed by atoms with Gasteiger partial charge in [0.05, 0.1) is 0 Å². The lowest BCUT2D eigenvalue weighted by Gasteiger charge is -2.39. The fraction of sp³-hybridized carbons (Fsp3) is 0.944. The van der Waals surface area contributed by atoms with Gasteiger partial charge < -0.3 is 4.90 Å². The van der Waals surface area contributed by atoms with Crippen LogP contribution in [0.3, 0.4) is 0 Å². The minimum absolute atomic E-state index is 0.395. The van der Waals surface area contributed by atoms with E-state index in [2.05, 4.69) is 39.5 Å². The molecule has 0 aliphatic rings. The van der Waals surface area contributed by atoms with Crippen molar-refractivity contribution in [3.63, 3.8) is 0 Å². The molecule has 0 aromatic carbocycles. The third kappa shape index (κ3) is 6.76. The van der Waals surface area contributed by atoms with Gasteiger partial charge in [0.25, 0.3) is 0 Å². The van der Waals surface area contributed by atoms with Crippen molar-refractivity contribution in [2.75, 3.05) is 0 Å². The van der Waals surface area contributed by atoms with E-state index < -0.39 is 0 Å². The van der Waals surface area contributed by atoms with Crippen LogP contribution >= 0.6 is 0 Å². The monoisotopic (exact) mass is 283 g/mol. The first-order valence-corrected chi connectivity index (χ1v) is 8.97. The van der Waals surface area contributed by atoms with Crippen LogP contribution in [-0.4, -0.2) is 22.9 Å². The molecule has 0 rings (SSSR count). The van der Waals surface area contributed by atoms with Crippen LogP contribution in [0, 0.1) is 0 Å². The molecule has 0 atom stereocenters. The van der Waals surface area contributed by atoms with Gasteiger partial charge in [0.2, 0.25) is 5.91 Å². The van der Waals surface area contributed by atoms with Gasteiger partial charge in [-0.25, -0.2) is 0 Å². The highest BCUT2D eigenvalue weighted by Gasteiger charge is 2.28. The molecule has 0 aliphatic heterocycles. The molecule has 120 valence electrons. The highest BCUT2D eigenvalue weighted by atomic mass is 16.2. The predicted molar refractivity (Wildman–Crippen MR) is 89.0 cm³/mol. The highest BCUT2D eigenvalue weighted by molar-refractivity contribution is 5.76. The smallest absolute Gasteiger partial charge is 0.223 e. The summed E-state index contributed by atoms with van der Waals surface area (Å²) in [7, 11) is 0. The van der Waals surface area contributed by atoms with E-state index in [1.54, 1.807) is 0 Å². The molecule has 0 aromatic heterocycles. The first-order valence-electron chi connectivity index (χ1n) is 8.97. The van der Waals surface area contributed by atoms with Crippen molar-refractivity contribution >= 4 is 5.91 Å². The molecule has 0 heterocycles. The van der Waals surface area contributed by atoms with Crippen LogP contribution in [0.5, 0.6) is 0 Å². The van der Waals surface area contributed by atoms with E-state index in [9.17, 15) is 4.79 Å². The van der Waals surface area contributed by atoms with Crippen LogP contribution in [0.25, 0.3) is 0 Å². The van der Waals surface area contributed by atoms with Gasteiger partial charge in [-0.3, -0.25) is 4.79 Å². The van der Waals surface area contributed by atoms with Gasteiger partial charge in [-0.1, -0.05) is 60.3 Å². The van der Waals surface area contributed by atoms with E-state index >= 15 is 0 Å². The number of hydrogen-bond donors (Lipinski definition) is 0. The largest absolute Gasteiger partial charge is 0.337 e. The third-order valence-electron chi connectivity index (χ3n) is 4.03. The zero-order valence-corrected chi connectivity index (χ0v) is 14.6. The summed E-state index contributed by atoms with van der Waals surface area (Å²) >= 11 is 0. The molecule has 0 saturated heterocycles. The van der Waals surface area contributed by atoms with Gasteiger partial charge in [-0.15, -0.1) is 0 Å².